The molecule has 6 nitrogen and oxygen atoms in total. The van der Waals surface area contributed by atoms with E-state index in [1.807, 2.05) is 27.7 Å². The van der Waals surface area contributed by atoms with Crippen LogP contribution in [0.1, 0.15) is 50.3 Å². The van der Waals surface area contributed by atoms with Crippen molar-refractivity contribution in [2.45, 2.75) is 58.8 Å². The van der Waals surface area contributed by atoms with E-state index in [0.29, 0.717) is 18.8 Å². The minimum atomic E-state index is -0.517. The molecule has 0 bridgehead atoms. The Kier molecular flexibility index (Phi) is 3.83. The Morgan fingerprint density at radius 1 is 1.50 bits per heavy atom. The fourth-order valence-electron chi connectivity index (χ4n) is 2.22. The van der Waals surface area contributed by atoms with Crippen molar-refractivity contribution < 1.29 is 14.3 Å². The maximum atomic E-state index is 12.3. The topological polar surface area (TPSA) is 64.4 Å². The van der Waals surface area contributed by atoms with Crippen molar-refractivity contribution in [3.05, 3.63) is 17.5 Å². The standard InChI is InChI=1S/C14H21N3O3/c1-10-5-6-17-12(7-11(9-18)15-17)8-16(10)13(19)20-14(2,3)4/h7,9-10H,5-6,8H2,1-4H3. The molecule has 0 saturated heterocycles. The number of aldehydes is 1. The maximum Gasteiger partial charge on any atom is 0.410 e. The van der Waals surface area contributed by atoms with E-state index in [4.69, 9.17) is 4.74 Å². The zero-order valence-corrected chi connectivity index (χ0v) is 12.4. The molecule has 1 aliphatic rings. The molecule has 0 aromatic carbocycles. The lowest BCUT2D eigenvalue weighted by atomic mass is 10.2. The van der Waals surface area contributed by atoms with Gasteiger partial charge in [-0.25, -0.2) is 4.79 Å². The zero-order chi connectivity index (χ0) is 14.9. The molecule has 20 heavy (non-hydrogen) atoms. The fourth-order valence-corrected chi connectivity index (χ4v) is 2.22. The lowest BCUT2D eigenvalue weighted by Crippen LogP contribution is -2.41. The first kappa shape index (κ1) is 14.6. The van der Waals surface area contributed by atoms with Crippen molar-refractivity contribution in [3.63, 3.8) is 0 Å². The molecule has 1 aromatic rings. The van der Waals surface area contributed by atoms with Gasteiger partial charge in [-0.3, -0.25) is 14.4 Å². The van der Waals surface area contributed by atoms with Crippen LogP contribution in [0.2, 0.25) is 0 Å². The average Bonchev–Trinajstić information content (AvgIpc) is 2.66. The number of hydrogen-bond acceptors (Lipinski definition) is 4. The van der Waals surface area contributed by atoms with E-state index in [-0.39, 0.29) is 12.1 Å². The largest absolute Gasteiger partial charge is 0.444 e. The van der Waals surface area contributed by atoms with Crippen LogP contribution in [0.3, 0.4) is 0 Å². The number of carbonyl (C=O) groups excluding carboxylic acids is 2. The second kappa shape index (κ2) is 5.26. The van der Waals surface area contributed by atoms with Gasteiger partial charge in [0.1, 0.15) is 11.3 Å². The molecule has 0 saturated carbocycles. The van der Waals surface area contributed by atoms with Crippen molar-refractivity contribution in [1.82, 2.24) is 14.7 Å². The summed E-state index contributed by atoms with van der Waals surface area (Å²) in [7, 11) is 0. The van der Waals surface area contributed by atoms with Gasteiger partial charge in [0, 0.05) is 12.6 Å². The first-order chi connectivity index (χ1) is 9.30. The molecule has 0 fully saturated rings. The molecule has 2 heterocycles. The number of ether oxygens (including phenoxy) is 1. The average molecular weight is 279 g/mol. The van der Waals surface area contributed by atoms with Gasteiger partial charge in [-0.1, -0.05) is 0 Å². The van der Waals surface area contributed by atoms with E-state index in [2.05, 4.69) is 5.10 Å². The number of rotatable bonds is 1. The molecule has 0 aliphatic carbocycles. The minimum absolute atomic E-state index is 0.0752. The molecule has 2 rings (SSSR count). The summed E-state index contributed by atoms with van der Waals surface area (Å²) >= 11 is 0. The van der Waals surface area contributed by atoms with Gasteiger partial charge in [0.2, 0.25) is 0 Å². The molecular formula is C14H21N3O3. The predicted molar refractivity (Wildman–Crippen MR) is 73.5 cm³/mol. The van der Waals surface area contributed by atoms with Crippen LogP contribution < -0.4 is 0 Å². The van der Waals surface area contributed by atoms with Crippen LogP contribution in [0.15, 0.2) is 6.07 Å². The molecule has 1 atom stereocenters. The Hall–Kier alpha value is -1.85. The fraction of sp³-hybridized carbons (Fsp3) is 0.643. The van der Waals surface area contributed by atoms with Crippen molar-refractivity contribution in [2.24, 2.45) is 0 Å². The highest BCUT2D eigenvalue weighted by atomic mass is 16.6. The molecule has 0 radical (unpaired) electrons. The molecule has 1 unspecified atom stereocenters. The van der Waals surface area contributed by atoms with Crippen LogP contribution in [0.5, 0.6) is 0 Å². The third kappa shape index (κ3) is 3.18. The summed E-state index contributed by atoms with van der Waals surface area (Å²) in [6.07, 6.45) is 1.18. The lowest BCUT2D eigenvalue weighted by Gasteiger charge is -2.30. The zero-order valence-electron chi connectivity index (χ0n) is 12.4. The molecular weight excluding hydrogens is 258 g/mol. The molecule has 1 aromatic heterocycles. The Morgan fingerprint density at radius 3 is 2.80 bits per heavy atom. The van der Waals surface area contributed by atoms with Gasteiger partial charge >= 0.3 is 6.09 Å². The number of amides is 1. The van der Waals surface area contributed by atoms with Crippen LogP contribution in [0.25, 0.3) is 0 Å². The molecule has 1 amide bonds. The molecule has 110 valence electrons. The van der Waals surface area contributed by atoms with Gasteiger partial charge in [-0.2, -0.15) is 5.10 Å². The summed E-state index contributed by atoms with van der Waals surface area (Å²) in [5, 5.41) is 4.20. The number of hydrogen-bond donors (Lipinski definition) is 0. The summed E-state index contributed by atoms with van der Waals surface area (Å²) in [4.78, 5) is 24.8. The van der Waals surface area contributed by atoms with Crippen molar-refractivity contribution >= 4 is 12.4 Å². The number of nitrogens with zero attached hydrogens (tertiary/aromatic N) is 3. The van der Waals surface area contributed by atoms with E-state index in [1.54, 1.807) is 15.6 Å². The Morgan fingerprint density at radius 2 is 2.20 bits per heavy atom. The van der Waals surface area contributed by atoms with Crippen LogP contribution in [0, 0.1) is 0 Å². The third-order valence-electron chi connectivity index (χ3n) is 3.25. The summed E-state index contributed by atoms with van der Waals surface area (Å²) in [5.74, 6) is 0. The molecule has 1 aliphatic heterocycles. The third-order valence-corrected chi connectivity index (χ3v) is 3.25. The van der Waals surface area contributed by atoms with E-state index >= 15 is 0 Å². The van der Waals surface area contributed by atoms with Crippen LogP contribution in [-0.4, -0.2) is 38.7 Å². The lowest BCUT2D eigenvalue weighted by molar-refractivity contribution is 0.0156. The van der Waals surface area contributed by atoms with Gasteiger partial charge in [0.15, 0.2) is 6.29 Å². The van der Waals surface area contributed by atoms with Crippen molar-refractivity contribution in [2.75, 3.05) is 0 Å². The first-order valence-electron chi connectivity index (χ1n) is 6.81. The highest BCUT2D eigenvalue weighted by Gasteiger charge is 2.29. The predicted octanol–water partition coefficient (Wildman–Crippen LogP) is 2.22. The maximum absolute atomic E-state index is 12.3. The SMILES string of the molecule is CC1CCn2nc(C=O)cc2CN1C(=O)OC(C)(C)C. The van der Waals surface area contributed by atoms with Gasteiger partial charge in [0.05, 0.1) is 12.2 Å². The molecule has 0 N–H and O–H groups in total. The normalized spacial score (nSPS) is 19.2. The monoisotopic (exact) mass is 279 g/mol. The highest BCUT2D eigenvalue weighted by molar-refractivity contribution is 5.72. The quantitative estimate of drug-likeness (QED) is 0.739. The van der Waals surface area contributed by atoms with Crippen molar-refractivity contribution in [3.8, 4) is 0 Å². The first-order valence-corrected chi connectivity index (χ1v) is 6.81. The van der Waals surface area contributed by atoms with Gasteiger partial charge in [0.25, 0.3) is 0 Å². The number of fused-ring (bicyclic) bond motifs is 1. The van der Waals surface area contributed by atoms with Crippen molar-refractivity contribution in [1.29, 1.82) is 0 Å². The van der Waals surface area contributed by atoms with Crippen LogP contribution in [0.4, 0.5) is 4.79 Å². The van der Waals surface area contributed by atoms with Gasteiger partial charge < -0.3 is 4.74 Å². The molecule has 0 spiro atoms. The summed E-state index contributed by atoms with van der Waals surface area (Å²) in [6.45, 7) is 8.66. The smallest absolute Gasteiger partial charge is 0.410 e. The summed E-state index contributed by atoms with van der Waals surface area (Å²) in [5.41, 5.74) is 0.748. The van der Waals surface area contributed by atoms with E-state index in [0.717, 1.165) is 18.4 Å². The van der Waals surface area contributed by atoms with E-state index < -0.39 is 5.60 Å². The Balaban J connectivity index is 2.20. The Bertz CT molecular complexity index is 516. The molecule has 6 heteroatoms. The van der Waals surface area contributed by atoms with Gasteiger partial charge in [-0.15, -0.1) is 0 Å². The second-order valence-electron chi connectivity index (χ2n) is 6.15. The number of aromatic nitrogens is 2. The number of carbonyl (C=O) groups is 2. The van der Waals surface area contributed by atoms with E-state index in [1.165, 1.54) is 0 Å². The van der Waals surface area contributed by atoms with E-state index in [9.17, 15) is 9.59 Å². The van der Waals surface area contributed by atoms with Gasteiger partial charge in [-0.05, 0) is 40.2 Å². The number of aryl methyl sites for hydroxylation is 1. The second-order valence-corrected chi connectivity index (χ2v) is 6.15. The summed E-state index contributed by atoms with van der Waals surface area (Å²) < 4.78 is 7.24. The summed E-state index contributed by atoms with van der Waals surface area (Å²) in [6, 6.07) is 1.80. The minimum Gasteiger partial charge on any atom is -0.444 e. The van der Waals surface area contributed by atoms with Crippen LogP contribution in [-0.2, 0) is 17.8 Å². The highest BCUT2D eigenvalue weighted by Crippen LogP contribution is 2.20. The van der Waals surface area contributed by atoms with Crippen LogP contribution >= 0.6 is 0 Å². The Labute approximate surface area is 118 Å².